The number of rotatable bonds is 6. The number of carbonyl (C=O) groups excluding carboxylic acids is 1. The fraction of sp³-hybridized carbons (Fsp3) is 0.417. The molecule has 1 aromatic carbocycles. The van der Waals surface area contributed by atoms with Gasteiger partial charge < -0.3 is 4.74 Å². The van der Waals surface area contributed by atoms with Gasteiger partial charge in [0.05, 0.1) is 11.6 Å². The Balaban J connectivity index is 3.12. The number of likely N-dealkylation sites (N-methyl/N-ethyl adjacent to an activating group) is 1. The van der Waals surface area contributed by atoms with Crippen LogP contribution < -0.4 is 0 Å². The molecule has 20 heavy (non-hydrogen) atoms. The second kappa shape index (κ2) is 7.26. The maximum absolute atomic E-state index is 12.5. The molecule has 0 heterocycles. The fourth-order valence-corrected chi connectivity index (χ4v) is 3.66. The lowest BCUT2D eigenvalue weighted by molar-refractivity contribution is -0.143. The van der Waals surface area contributed by atoms with Crippen LogP contribution in [0.15, 0.2) is 23.1 Å². The number of halogens is 2. The molecule has 0 saturated carbocycles. The Labute approximate surface area is 128 Å². The van der Waals surface area contributed by atoms with Crippen LogP contribution in [0.4, 0.5) is 0 Å². The molecule has 1 rings (SSSR count). The summed E-state index contributed by atoms with van der Waals surface area (Å²) in [6, 6.07) is 4.15. The molecular weight excluding hydrogens is 325 g/mol. The summed E-state index contributed by atoms with van der Waals surface area (Å²) in [5.41, 5.74) is 0. The monoisotopic (exact) mass is 339 g/mol. The zero-order valence-electron chi connectivity index (χ0n) is 11.1. The number of sulfonamides is 1. The summed E-state index contributed by atoms with van der Waals surface area (Å²) in [5.74, 6) is -0.615. The van der Waals surface area contributed by atoms with Gasteiger partial charge in [-0.2, -0.15) is 4.31 Å². The van der Waals surface area contributed by atoms with Gasteiger partial charge in [0.2, 0.25) is 10.0 Å². The van der Waals surface area contributed by atoms with Gasteiger partial charge in [0.25, 0.3) is 0 Å². The average molecular weight is 340 g/mol. The minimum absolute atomic E-state index is 0.0525. The van der Waals surface area contributed by atoms with Gasteiger partial charge in [0, 0.05) is 11.6 Å². The zero-order valence-corrected chi connectivity index (χ0v) is 13.4. The number of carbonyl (C=O) groups is 1. The molecule has 0 unspecified atom stereocenters. The largest absolute Gasteiger partial charge is 0.465 e. The van der Waals surface area contributed by atoms with E-state index in [2.05, 4.69) is 0 Å². The second-order valence-electron chi connectivity index (χ2n) is 3.81. The molecule has 1 aromatic rings. The fourth-order valence-electron chi connectivity index (χ4n) is 1.53. The lowest BCUT2D eigenvalue weighted by Gasteiger charge is -2.20. The van der Waals surface area contributed by atoms with E-state index in [4.69, 9.17) is 27.9 Å². The molecule has 0 aliphatic rings. The molecule has 0 aliphatic heterocycles. The highest BCUT2D eigenvalue weighted by molar-refractivity contribution is 7.89. The molecule has 0 aromatic heterocycles. The Hall–Kier alpha value is -0.820. The van der Waals surface area contributed by atoms with Gasteiger partial charge in [-0.25, -0.2) is 8.42 Å². The SMILES string of the molecule is CCOC(=O)CN(CC)S(=O)(=O)c1cc(Cl)ccc1Cl. The molecule has 0 bridgehead atoms. The number of nitrogens with zero attached hydrogens (tertiary/aromatic N) is 1. The van der Waals surface area contributed by atoms with E-state index in [1.807, 2.05) is 0 Å². The normalized spacial score (nSPS) is 11.7. The highest BCUT2D eigenvalue weighted by Gasteiger charge is 2.28. The van der Waals surface area contributed by atoms with Crippen molar-refractivity contribution in [3.8, 4) is 0 Å². The van der Waals surface area contributed by atoms with Crippen molar-refractivity contribution < 1.29 is 17.9 Å². The van der Waals surface area contributed by atoms with Crippen LogP contribution in [0.2, 0.25) is 10.0 Å². The van der Waals surface area contributed by atoms with Crippen LogP contribution in [0.25, 0.3) is 0 Å². The van der Waals surface area contributed by atoms with Gasteiger partial charge in [0.15, 0.2) is 0 Å². The molecule has 8 heteroatoms. The summed E-state index contributed by atoms with van der Waals surface area (Å²) < 4.78 is 30.6. The molecule has 0 aliphatic carbocycles. The van der Waals surface area contributed by atoms with Crippen LogP contribution >= 0.6 is 23.2 Å². The minimum atomic E-state index is -3.90. The van der Waals surface area contributed by atoms with Crippen LogP contribution in [-0.2, 0) is 19.6 Å². The molecule has 0 N–H and O–H groups in total. The van der Waals surface area contributed by atoms with Gasteiger partial charge in [-0.3, -0.25) is 4.79 Å². The maximum atomic E-state index is 12.5. The lowest BCUT2D eigenvalue weighted by Crippen LogP contribution is -2.36. The van der Waals surface area contributed by atoms with E-state index in [0.29, 0.717) is 0 Å². The molecule has 0 amide bonds. The number of ether oxygens (including phenoxy) is 1. The maximum Gasteiger partial charge on any atom is 0.321 e. The second-order valence-corrected chi connectivity index (χ2v) is 6.56. The lowest BCUT2D eigenvalue weighted by atomic mass is 10.4. The number of benzene rings is 1. The first-order chi connectivity index (χ1) is 9.32. The van der Waals surface area contributed by atoms with Crippen molar-refractivity contribution in [3.63, 3.8) is 0 Å². The summed E-state index contributed by atoms with van der Waals surface area (Å²) in [4.78, 5) is 11.3. The van der Waals surface area contributed by atoms with Crippen LogP contribution in [-0.4, -0.2) is 38.4 Å². The number of esters is 1. The molecule has 0 fully saturated rings. The van der Waals surface area contributed by atoms with Crippen molar-refractivity contribution >= 4 is 39.2 Å². The Morgan fingerprint density at radius 1 is 1.30 bits per heavy atom. The Kier molecular flexibility index (Phi) is 6.26. The summed E-state index contributed by atoms with van der Waals surface area (Å²) in [6.07, 6.45) is 0. The van der Waals surface area contributed by atoms with Crippen LogP contribution in [0.1, 0.15) is 13.8 Å². The molecule has 0 spiro atoms. The Morgan fingerprint density at radius 3 is 2.50 bits per heavy atom. The molecular formula is C12H15Cl2NO4S. The number of hydrogen-bond donors (Lipinski definition) is 0. The quantitative estimate of drug-likeness (QED) is 0.747. The van der Waals surface area contributed by atoms with Gasteiger partial charge in [-0.15, -0.1) is 0 Å². The molecule has 0 saturated heterocycles. The molecule has 5 nitrogen and oxygen atoms in total. The highest BCUT2D eigenvalue weighted by Crippen LogP contribution is 2.27. The van der Waals surface area contributed by atoms with Gasteiger partial charge in [0.1, 0.15) is 11.4 Å². The van der Waals surface area contributed by atoms with Crippen LogP contribution in [0.3, 0.4) is 0 Å². The first kappa shape index (κ1) is 17.2. The van der Waals surface area contributed by atoms with Crippen molar-refractivity contribution in [2.45, 2.75) is 18.7 Å². The standard InChI is InChI=1S/C12H15Cl2NO4S/c1-3-15(8-12(16)19-4-2)20(17,18)11-7-9(13)5-6-10(11)14/h5-7H,3-4,8H2,1-2H3. The van der Waals surface area contributed by atoms with E-state index < -0.39 is 16.0 Å². The van der Waals surface area contributed by atoms with E-state index in [1.165, 1.54) is 18.2 Å². The first-order valence-corrected chi connectivity index (χ1v) is 8.13. The van der Waals surface area contributed by atoms with E-state index in [-0.39, 0.29) is 34.6 Å². The third kappa shape index (κ3) is 4.09. The van der Waals surface area contributed by atoms with Crippen molar-refractivity contribution in [2.24, 2.45) is 0 Å². The third-order valence-corrected chi connectivity index (χ3v) is 5.11. The van der Waals surface area contributed by atoms with E-state index in [0.717, 1.165) is 4.31 Å². The van der Waals surface area contributed by atoms with Crippen LogP contribution in [0.5, 0.6) is 0 Å². The van der Waals surface area contributed by atoms with Gasteiger partial charge in [-0.05, 0) is 25.1 Å². The predicted octanol–water partition coefficient (Wildman–Crippen LogP) is 2.57. The topological polar surface area (TPSA) is 63.7 Å². The average Bonchev–Trinajstić information content (AvgIpc) is 2.38. The van der Waals surface area contributed by atoms with E-state index >= 15 is 0 Å². The van der Waals surface area contributed by atoms with Crippen LogP contribution in [0, 0.1) is 0 Å². The molecule has 112 valence electrons. The van der Waals surface area contributed by atoms with Crippen molar-refractivity contribution in [3.05, 3.63) is 28.2 Å². The molecule has 0 radical (unpaired) electrons. The Bertz CT molecular complexity index is 589. The van der Waals surface area contributed by atoms with Crippen molar-refractivity contribution in [2.75, 3.05) is 19.7 Å². The van der Waals surface area contributed by atoms with Crippen molar-refractivity contribution in [1.29, 1.82) is 0 Å². The zero-order chi connectivity index (χ0) is 15.3. The van der Waals surface area contributed by atoms with E-state index in [9.17, 15) is 13.2 Å². The third-order valence-electron chi connectivity index (χ3n) is 2.47. The smallest absolute Gasteiger partial charge is 0.321 e. The molecule has 0 atom stereocenters. The summed E-state index contributed by atoms with van der Waals surface area (Å²) in [5, 5.41) is 0.303. The summed E-state index contributed by atoms with van der Waals surface area (Å²) >= 11 is 11.7. The summed E-state index contributed by atoms with van der Waals surface area (Å²) in [7, 11) is -3.90. The Morgan fingerprint density at radius 2 is 1.95 bits per heavy atom. The van der Waals surface area contributed by atoms with Gasteiger partial charge in [-0.1, -0.05) is 30.1 Å². The first-order valence-electron chi connectivity index (χ1n) is 5.93. The predicted molar refractivity (Wildman–Crippen MR) is 77.5 cm³/mol. The summed E-state index contributed by atoms with van der Waals surface area (Å²) in [6.45, 7) is 3.21. The minimum Gasteiger partial charge on any atom is -0.465 e. The van der Waals surface area contributed by atoms with Crippen molar-refractivity contribution in [1.82, 2.24) is 4.31 Å². The van der Waals surface area contributed by atoms with Gasteiger partial charge >= 0.3 is 5.97 Å². The number of hydrogen-bond acceptors (Lipinski definition) is 4. The van der Waals surface area contributed by atoms with E-state index in [1.54, 1.807) is 13.8 Å². The highest BCUT2D eigenvalue weighted by atomic mass is 35.5.